The number of nitrogens with one attached hydrogen (secondary N) is 2. The van der Waals surface area contributed by atoms with E-state index in [1.165, 1.54) is 24.0 Å². The maximum atomic E-state index is 12.6. The molecule has 0 bridgehead atoms. The van der Waals surface area contributed by atoms with Crippen LogP contribution in [0, 0.1) is 5.92 Å². The van der Waals surface area contributed by atoms with Gasteiger partial charge in [0.1, 0.15) is 0 Å². The molecule has 1 aromatic rings. The van der Waals surface area contributed by atoms with Gasteiger partial charge in [-0.3, -0.25) is 9.79 Å². The lowest BCUT2D eigenvalue weighted by Gasteiger charge is -2.34. The molecule has 1 aliphatic carbocycles. The third-order valence-corrected chi connectivity index (χ3v) is 6.95. The Morgan fingerprint density at radius 2 is 1.94 bits per heavy atom. The standard InChI is InChI=1S/C26H42N4O2/c1-4-20(5-2)25(31)30-17-14-22(15-18-30)29-26(27-3)28-16-9-19-32-24-13-8-11-21-10-6-7-12-23(21)24/h6-7,10,12,20,22,24H,4-5,8-9,11,13-19H2,1-3H3,(H2,27,28,29). The Morgan fingerprint density at radius 3 is 2.66 bits per heavy atom. The molecule has 178 valence electrons. The van der Waals surface area contributed by atoms with E-state index in [-0.39, 0.29) is 12.0 Å². The van der Waals surface area contributed by atoms with Crippen molar-refractivity contribution in [3.63, 3.8) is 0 Å². The molecule has 2 aliphatic rings. The van der Waals surface area contributed by atoms with Gasteiger partial charge in [0.2, 0.25) is 5.91 Å². The van der Waals surface area contributed by atoms with E-state index in [9.17, 15) is 4.79 Å². The summed E-state index contributed by atoms with van der Waals surface area (Å²) in [6.45, 7) is 7.46. The number of piperidine rings is 1. The van der Waals surface area contributed by atoms with E-state index >= 15 is 0 Å². The first kappa shape index (κ1) is 24.6. The number of guanidine groups is 1. The third kappa shape index (κ3) is 6.71. The van der Waals surface area contributed by atoms with Gasteiger partial charge in [-0.05, 0) is 62.5 Å². The van der Waals surface area contributed by atoms with Gasteiger partial charge in [0.25, 0.3) is 0 Å². The highest BCUT2D eigenvalue weighted by atomic mass is 16.5. The normalized spacial score (nSPS) is 19.7. The summed E-state index contributed by atoms with van der Waals surface area (Å²) >= 11 is 0. The first-order valence-corrected chi connectivity index (χ1v) is 12.6. The molecule has 0 aromatic heterocycles. The third-order valence-electron chi connectivity index (χ3n) is 6.95. The minimum atomic E-state index is 0.179. The summed E-state index contributed by atoms with van der Waals surface area (Å²) in [4.78, 5) is 19.0. The van der Waals surface area contributed by atoms with Crippen LogP contribution in [-0.2, 0) is 16.0 Å². The summed E-state index contributed by atoms with van der Waals surface area (Å²) in [5, 5.41) is 6.96. The molecule has 1 unspecified atom stereocenters. The van der Waals surface area contributed by atoms with Gasteiger partial charge in [0, 0.05) is 45.2 Å². The highest BCUT2D eigenvalue weighted by Gasteiger charge is 2.26. The Balaban J connectivity index is 1.33. The smallest absolute Gasteiger partial charge is 0.225 e. The number of carbonyl (C=O) groups is 1. The van der Waals surface area contributed by atoms with E-state index in [2.05, 4.69) is 53.7 Å². The second-order valence-corrected chi connectivity index (χ2v) is 9.06. The van der Waals surface area contributed by atoms with Gasteiger partial charge >= 0.3 is 0 Å². The van der Waals surface area contributed by atoms with Crippen LogP contribution in [0.25, 0.3) is 0 Å². The van der Waals surface area contributed by atoms with E-state index in [0.717, 1.165) is 70.7 Å². The average Bonchev–Trinajstić information content (AvgIpc) is 2.84. The number of aryl methyl sites for hydroxylation is 1. The number of nitrogens with zero attached hydrogens (tertiary/aromatic N) is 2. The highest BCUT2D eigenvalue weighted by molar-refractivity contribution is 5.80. The van der Waals surface area contributed by atoms with Crippen LogP contribution >= 0.6 is 0 Å². The molecule has 1 aromatic carbocycles. The zero-order valence-electron chi connectivity index (χ0n) is 20.2. The largest absolute Gasteiger partial charge is 0.373 e. The zero-order chi connectivity index (χ0) is 22.8. The molecule has 1 heterocycles. The second kappa shape index (κ2) is 12.8. The average molecular weight is 443 g/mol. The molecule has 6 heteroatoms. The minimum absolute atomic E-state index is 0.179. The van der Waals surface area contributed by atoms with Crippen molar-refractivity contribution in [2.75, 3.05) is 33.3 Å². The number of rotatable bonds is 9. The molecule has 1 amide bonds. The number of ether oxygens (including phenoxy) is 1. The lowest BCUT2D eigenvalue weighted by atomic mass is 9.89. The SMILES string of the molecule is CCC(CC)C(=O)N1CCC(NC(=NC)NCCCOC2CCCc3ccccc32)CC1. The summed E-state index contributed by atoms with van der Waals surface area (Å²) in [6.07, 6.45) is 8.48. The van der Waals surface area contributed by atoms with Gasteiger partial charge in [-0.25, -0.2) is 0 Å². The summed E-state index contributed by atoms with van der Waals surface area (Å²) in [5.74, 6) is 1.35. The molecule has 0 radical (unpaired) electrons. The maximum absolute atomic E-state index is 12.6. The molecule has 3 rings (SSSR count). The van der Waals surface area contributed by atoms with Crippen LogP contribution in [0.2, 0.25) is 0 Å². The van der Waals surface area contributed by atoms with Crippen LogP contribution < -0.4 is 10.6 Å². The fourth-order valence-electron chi connectivity index (χ4n) is 4.92. The van der Waals surface area contributed by atoms with Crippen molar-refractivity contribution < 1.29 is 9.53 Å². The zero-order valence-corrected chi connectivity index (χ0v) is 20.2. The van der Waals surface area contributed by atoms with Crippen LogP contribution in [0.15, 0.2) is 29.3 Å². The van der Waals surface area contributed by atoms with Crippen LogP contribution in [0.5, 0.6) is 0 Å². The highest BCUT2D eigenvalue weighted by Crippen LogP contribution is 2.32. The molecule has 1 aliphatic heterocycles. The van der Waals surface area contributed by atoms with Crippen molar-refractivity contribution in [2.45, 2.75) is 77.4 Å². The fourth-order valence-corrected chi connectivity index (χ4v) is 4.92. The predicted molar refractivity (Wildman–Crippen MR) is 131 cm³/mol. The Kier molecular flexibility index (Phi) is 9.85. The van der Waals surface area contributed by atoms with Crippen molar-refractivity contribution in [1.82, 2.24) is 15.5 Å². The Labute approximate surface area is 194 Å². The van der Waals surface area contributed by atoms with Crippen molar-refractivity contribution in [3.05, 3.63) is 35.4 Å². The van der Waals surface area contributed by atoms with Gasteiger partial charge in [-0.2, -0.15) is 0 Å². The molecule has 1 atom stereocenters. The molecule has 2 N–H and O–H groups in total. The van der Waals surface area contributed by atoms with Gasteiger partial charge < -0.3 is 20.3 Å². The molecule has 1 fully saturated rings. The van der Waals surface area contributed by atoms with Gasteiger partial charge in [0.05, 0.1) is 6.10 Å². The van der Waals surface area contributed by atoms with Crippen molar-refractivity contribution in [2.24, 2.45) is 10.9 Å². The van der Waals surface area contributed by atoms with Crippen LogP contribution in [0.3, 0.4) is 0 Å². The van der Waals surface area contributed by atoms with Gasteiger partial charge in [-0.15, -0.1) is 0 Å². The van der Waals surface area contributed by atoms with E-state index in [4.69, 9.17) is 4.74 Å². The van der Waals surface area contributed by atoms with Gasteiger partial charge in [-0.1, -0.05) is 38.1 Å². The van der Waals surface area contributed by atoms with E-state index in [0.29, 0.717) is 11.9 Å². The molecule has 6 nitrogen and oxygen atoms in total. The predicted octanol–water partition coefficient (Wildman–Crippen LogP) is 4.06. The first-order valence-electron chi connectivity index (χ1n) is 12.6. The number of fused-ring (bicyclic) bond motifs is 1. The van der Waals surface area contributed by atoms with Crippen LogP contribution in [0.4, 0.5) is 0 Å². The molecule has 0 saturated carbocycles. The molecular weight excluding hydrogens is 400 g/mol. The van der Waals surface area contributed by atoms with E-state index in [1.807, 2.05) is 11.9 Å². The summed E-state index contributed by atoms with van der Waals surface area (Å²) < 4.78 is 6.21. The summed E-state index contributed by atoms with van der Waals surface area (Å²) in [5.41, 5.74) is 2.82. The topological polar surface area (TPSA) is 66.0 Å². The molecule has 32 heavy (non-hydrogen) atoms. The molecule has 1 saturated heterocycles. The van der Waals surface area contributed by atoms with Crippen molar-refractivity contribution >= 4 is 11.9 Å². The lowest BCUT2D eigenvalue weighted by Crippen LogP contribution is -2.50. The molecular formula is C26H42N4O2. The number of aliphatic imine (C=N–C) groups is 1. The van der Waals surface area contributed by atoms with Crippen molar-refractivity contribution in [1.29, 1.82) is 0 Å². The van der Waals surface area contributed by atoms with Crippen LogP contribution in [-0.4, -0.2) is 56.1 Å². The quantitative estimate of drug-likeness (QED) is 0.344. The van der Waals surface area contributed by atoms with Gasteiger partial charge in [0.15, 0.2) is 5.96 Å². The number of likely N-dealkylation sites (tertiary alicyclic amines) is 1. The Hall–Kier alpha value is -2.08. The van der Waals surface area contributed by atoms with Crippen LogP contribution in [0.1, 0.15) is 76.0 Å². The number of amides is 1. The summed E-state index contributed by atoms with van der Waals surface area (Å²) in [7, 11) is 1.82. The molecule has 0 spiro atoms. The first-order chi connectivity index (χ1) is 15.7. The minimum Gasteiger partial charge on any atom is -0.373 e. The second-order valence-electron chi connectivity index (χ2n) is 9.06. The Bertz CT molecular complexity index is 739. The number of carbonyl (C=O) groups excluding carboxylic acids is 1. The maximum Gasteiger partial charge on any atom is 0.225 e. The van der Waals surface area contributed by atoms with E-state index in [1.54, 1.807) is 0 Å². The summed E-state index contributed by atoms with van der Waals surface area (Å²) in [6, 6.07) is 9.05. The monoisotopic (exact) mass is 442 g/mol. The Morgan fingerprint density at radius 1 is 1.19 bits per heavy atom. The van der Waals surface area contributed by atoms with E-state index < -0.39 is 0 Å². The fraction of sp³-hybridized carbons (Fsp3) is 0.692. The lowest BCUT2D eigenvalue weighted by molar-refractivity contribution is -0.136. The number of hydrogen-bond donors (Lipinski definition) is 2. The van der Waals surface area contributed by atoms with Crippen molar-refractivity contribution in [3.8, 4) is 0 Å². The number of hydrogen-bond acceptors (Lipinski definition) is 3. The number of benzene rings is 1.